The summed E-state index contributed by atoms with van der Waals surface area (Å²) in [5, 5.41) is 9.11. The molecule has 1 aliphatic heterocycles. The van der Waals surface area contributed by atoms with Gasteiger partial charge in [0.1, 0.15) is 5.75 Å². The van der Waals surface area contributed by atoms with Gasteiger partial charge >= 0.3 is 0 Å². The lowest BCUT2D eigenvalue weighted by atomic mass is 10.3. The van der Waals surface area contributed by atoms with Crippen LogP contribution in [0.4, 0.5) is 5.69 Å². The molecule has 1 aliphatic rings. The Morgan fingerprint density at radius 2 is 2.00 bits per heavy atom. The molecule has 2 rings (SSSR count). The fourth-order valence-corrected chi connectivity index (χ4v) is 1.69. The molecule has 3 nitrogen and oxygen atoms in total. The first-order valence-electron chi connectivity index (χ1n) is 4.55. The number of hydrogen-bond donors (Lipinski definition) is 2. The number of nitrogens with zero attached hydrogens (tertiary/aromatic N) is 1. The van der Waals surface area contributed by atoms with Crippen molar-refractivity contribution in [3.63, 3.8) is 0 Å². The summed E-state index contributed by atoms with van der Waals surface area (Å²) in [7, 11) is 0. The highest BCUT2D eigenvalue weighted by Gasteiger charge is 2.18. The van der Waals surface area contributed by atoms with Crippen molar-refractivity contribution in [1.29, 1.82) is 0 Å². The summed E-state index contributed by atoms with van der Waals surface area (Å²) in [6.45, 7) is 1.94. The van der Waals surface area contributed by atoms with E-state index in [2.05, 4.69) is 4.90 Å². The number of aromatic hydroxyl groups is 1. The molecule has 1 atom stereocenters. The van der Waals surface area contributed by atoms with Crippen molar-refractivity contribution in [3.05, 3.63) is 24.3 Å². The van der Waals surface area contributed by atoms with Crippen LogP contribution in [0.2, 0.25) is 0 Å². The minimum Gasteiger partial charge on any atom is -0.508 e. The summed E-state index contributed by atoms with van der Waals surface area (Å²) in [5.74, 6) is 0.312. The van der Waals surface area contributed by atoms with Gasteiger partial charge in [0.25, 0.3) is 0 Å². The molecular formula is C10H14N2O. The Labute approximate surface area is 77.8 Å². The SMILES string of the molecule is NC1CCN(c2ccc(O)cc2)C1. The quantitative estimate of drug-likeness (QED) is 0.672. The van der Waals surface area contributed by atoms with Gasteiger partial charge in [0.2, 0.25) is 0 Å². The molecule has 1 saturated heterocycles. The molecule has 0 saturated carbocycles. The molecule has 70 valence electrons. The van der Waals surface area contributed by atoms with E-state index in [1.807, 2.05) is 12.1 Å². The highest BCUT2D eigenvalue weighted by atomic mass is 16.3. The van der Waals surface area contributed by atoms with E-state index >= 15 is 0 Å². The molecule has 13 heavy (non-hydrogen) atoms. The smallest absolute Gasteiger partial charge is 0.115 e. The molecule has 1 aromatic rings. The fraction of sp³-hybridized carbons (Fsp3) is 0.400. The molecule has 0 radical (unpaired) electrons. The molecule has 0 spiro atoms. The van der Waals surface area contributed by atoms with Crippen LogP contribution in [0, 0.1) is 0 Å². The maximum absolute atomic E-state index is 9.11. The van der Waals surface area contributed by atoms with Gasteiger partial charge in [-0.15, -0.1) is 0 Å². The largest absolute Gasteiger partial charge is 0.508 e. The molecule has 0 aromatic heterocycles. The summed E-state index contributed by atoms with van der Waals surface area (Å²) < 4.78 is 0. The Kier molecular flexibility index (Phi) is 2.10. The molecule has 1 unspecified atom stereocenters. The predicted molar refractivity (Wildman–Crippen MR) is 52.9 cm³/mol. The van der Waals surface area contributed by atoms with Crippen LogP contribution in [0.15, 0.2) is 24.3 Å². The van der Waals surface area contributed by atoms with E-state index in [1.165, 1.54) is 0 Å². The standard InChI is InChI=1S/C10H14N2O/c11-8-5-6-12(7-8)9-1-3-10(13)4-2-9/h1-4,8,13H,5-7,11H2. The van der Waals surface area contributed by atoms with Crippen molar-refractivity contribution in [3.8, 4) is 5.75 Å². The zero-order chi connectivity index (χ0) is 9.26. The lowest BCUT2D eigenvalue weighted by molar-refractivity contribution is 0.475. The highest BCUT2D eigenvalue weighted by molar-refractivity contribution is 5.49. The summed E-state index contributed by atoms with van der Waals surface area (Å²) in [4.78, 5) is 2.24. The average molecular weight is 178 g/mol. The van der Waals surface area contributed by atoms with Gasteiger partial charge in [-0.25, -0.2) is 0 Å². The third-order valence-electron chi connectivity index (χ3n) is 2.44. The monoisotopic (exact) mass is 178 g/mol. The molecule has 3 N–H and O–H groups in total. The zero-order valence-electron chi connectivity index (χ0n) is 7.48. The van der Waals surface area contributed by atoms with E-state index in [0.29, 0.717) is 11.8 Å². The van der Waals surface area contributed by atoms with Crippen LogP contribution in [0.1, 0.15) is 6.42 Å². The van der Waals surface area contributed by atoms with Crippen LogP contribution in [-0.4, -0.2) is 24.2 Å². The molecule has 0 bridgehead atoms. The maximum atomic E-state index is 9.11. The first-order chi connectivity index (χ1) is 6.25. The summed E-state index contributed by atoms with van der Waals surface area (Å²) in [5.41, 5.74) is 6.95. The second-order valence-electron chi connectivity index (χ2n) is 3.51. The summed E-state index contributed by atoms with van der Waals surface area (Å²) in [6.07, 6.45) is 1.06. The van der Waals surface area contributed by atoms with E-state index in [0.717, 1.165) is 25.2 Å². The molecule has 1 heterocycles. The van der Waals surface area contributed by atoms with Crippen LogP contribution in [-0.2, 0) is 0 Å². The topological polar surface area (TPSA) is 49.5 Å². The molecule has 3 heteroatoms. The highest BCUT2D eigenvalue weighted by Crippen LogP contribution is 2.21. The molecular weight excluding hydrogens is 164 g/mol. The number of rotatable bonds is 1. The summed E-state index contributed by atoms with van der Waals surface area (Å²) in [6, 6.07) is 7.56. The third-order valence-corrected chi connectivity index (χ3v) is 2.44. The Morgan fingerprint density at radius 3 is 2.54 bits per heavy atom. The second kappa shape index (κ2) is 3.26. The van der Waals surface area contributed by atoms with Gasteiger partial charge in [0.05, 0.1) is 0 Å². The Hall–Kier alpha value is -1.22. The Bertz CT molecular complexity index is 283. The Morgan fingerprint density at radius 1 is 1.31 bits per heavy atom. The molecule has 0 aliphatic carbocycles. The van der Waals surface area contributed by atoms with Crippen molar-refractivity contribution >= 4 is 5.69 Å². The second-order valence-corrected chi connectivity index (χ2v) is 3.51. The van der Waals surface area contributed by atoms with E-state index in [-0.39, 0.29) is 0 Å². The minimum absolute atomic E-state index is 0.300. The number of phenolic OH excluding ortho intramolecular Hbond substituents is 1. The van der Waals surface area contributed by atoms with Crippen molar-refractivity contribution in [2.75, 3.05) is 18.0 Å². The lowest BCUT2D eigenvalue weighted by Crippen LogP contribution is -2.26. The number of nitrogens with two attached hydrogens (primary N) is 1. The minimum atomic E-state index is 0.300. The third kappa shape index (κ3) is 1.75. The first kappa shape index (κ1) is 8.38. The first-order valence-corrected chi connectivity index (χ1v) is 4.55. The van der Waals surface area contributed by atoms with Crippen molar-refractivity contribution in [2.45, 2.75) is 12.5 Å². The van der Waals surface area contributed by atoms with Gasteiger partial charge in [-0.05, 0) is 30.7 Å². The van der Waals surface area contributed by atoms with E-state index in [1.54, 1.807) is 12.1 Å². The number of benzene rings is 1. The van der Waals surface area contributed by atoms with E-state index in [4.69, 9.17) is 10.8 Å². The van der Waals surface area contributed by atoms with Crippen LogP contribution in [0.5, 0.6) is 5.75 Å². The van der Waals surface area contributed by atoms with E-state index in [9.17, 15) is 0 Å². The van der Waals surface area contributed by atoms with Gasteiger partial charge in [-0.3, -0.25) is 0 Å². The molecule has 0 amide bonds. The average Bonchev–Trinajstić information content (AvgIpc) is 2.53. The zero-order valence-corrected chi connectivity index (χ0v) is 7.48. The van der Waals surface area contributed by atoms with Crippen LogP contribution < -0.4 is 10.6 Å². The molecule has 1 fully saturated rings. The lowest BCUT2D eigenvalue weighted by Gasteiger charge is -2.17. The normalized spacial score (nSPS) is 22.2. The Balaban J connectivity index is 2.13. The molecule has 1 aromatic carbocycles. The van der Waals surface area contributed by atoms with Crippen LogP contribution in [0.25, 0.3) is 0 Å². The number of hydrogen-bond acceptors (Lipinski definition) is 3. The van der Waals surface area contributed by atoms with Crippen molar-refractivity contribution in [1.82, 2.24) is 0 Å². The van der Waals surface area contributed by atoms with E-state index < -0.39 is 0 Å². The van der Waals surface area contributed by atoms with Crippen LogP contribution >= 0.6 is 0 Å². The summed E-state index contributed by atoms with van der Waals surface area (Å²) >= 11 is 0. The van der Waals surface area contributed by atoms with Crippen molar-refractivity contribution < 1.29 is 5.11 Å². The van der Waals surface area contributed by atoms with Gasteiger partial charge in [0.15, 0.2) is 0 Å². The van der Waals surface area contributed by atoms with Gasteiger partial charge in [-0.1, -0.05) is 0 Å². The van der Waals surface area contributed by atoms with Gasteiger partial charge in [-0.2, -0.15) is 0 Å². The number of anilines is 1. The van der Waals surface area contributed by atoms with Crippen LogP contribution in [0.3, 0.4) is 0 Å². The van der Waals surface area contributed by atoms with Gasteiger partial charge < -0.3 is 15.7 Å². The fourth-order valence-electron chi connectivity index (χ4n) is 1.69. The maximum Gasteiger partial charge on any atom is 0.115 e. The number of phenols is 1. The van der Waals surface area contributed by atoms with Crippen molar-refractivity contribution in [2.24, 2.45) is 5.73 Å². The predicted octanol–water partition coefficient (Wildman–Crippen LogP) is 0.930. The van der Waals surface area contributed by atoms with Gasteiger partial charge in [0, 0.05) is 24.8 Å².